The zero-order chi connectivity index (χ0) is 16.5. The lowest BCUT2D eigenvalue weighted by molar-refractivity contribution is 0.339. The molecule has 0 radical (unpaired) electrons. The molecule has 24 heavy (non-hydrogen) atoms. The van der Waals surface area contributed by atoms with Crippen molar-refractivity contribution in [2.45, 2.75) is 20.3 Å². The second-order valence-electron chi connectivity index (χ2n) is 7.04. The van der Waals surface area contributed by atoms with Crippen molar-refractivity contribution in [3.8, 4) is 0 Å². The van der Waals surface area contributed by atoms with Crippen LogP contribution in [0.25, 0.3) is 11.3 Å². The maximum atomic E-state index is 4.72. The molecule has 2 aliphatic carbocycles. The Labute approximate surface area is 144 Å². The van der Waals surface area contributed by atoms with Crippen LogP contribution >= 0.6 is 0 Å². The number of imidazole rings is 1. The van der Waals surface area contributed by atoms with Crippen LogP contribution in [0.3, 0.4) is 0 Å². The molecule has 4 nitrogen and oxygen atoms in total. The Kier molecular flexibility index (Phi) is 4.15. The molecule has 2 atom stereocenters. The van der Waals surface area contributed by atoms with Gasteiger partial charge in [-0.05, 0) is 23.8 Å². The maximum Gasteiger partial charge on any atom is 0.0976 e. The van der Waals surface area contributed by atoms with E-state index in [1.165, 1.54) is 22.5 Å². The van der Waals surface area contributed by atoms with E-state index in [0.717, 1.165) is 38.3 Å². The van der Waals surface area contributed by atoms with Crippen LogP contribution in [0.5, 0.6) is 0 Å². The van der Waals surface area contributed by atoms with Gasteiger partial charge in [0.25, 0.3) is 0 Å². The summed E-state index contributed by atoms with van der Waals surface area (Å²) in [6.07, 6.45) is 14.4. The van der Waals surface area contributed by atoms with Crippen molar-refractivity contribution in [1.29, 1.82) is 0 Å². The molecule has 4 heteroatoms. The standard InChI is InChI=1S/C20H26N4/c1-14-6-7-18(24-10-8-21-9-11-24)20-19(22-13-23-20)17(12-14)16-5-3-4-15(16)2/h3-5,7,12-15,21H,6,8-11H2,1-2H3,(H,22,23). The number of H-pyrrole nitrogens is 1. The number of hydrogen-bond acceptors (Lipinski definition) is 3. The van der Waals surface area contributed by atoms with Gasteiger partial charge in [-0.1, -0.05) is 44.2 Å². The van der Waals surface area contributed by atoms with Crippen LogP contribution in [0.2, 0.25) is 0 Å². The third kappa shape index (κ3) is 2.75. The molecule has 126 valence electrons. The highest BCUT2D eigenvalue weighted by Gasteiger charge is 2.26. The minimum Gasteiger partial charge on any atom is -0.368 e. The van der Waals surface area contributed by atoms with E-state index >= 15 is 0 Å². The van der Waals surface area contributed by atoms with E-state index < -0.39 is 0 Å². The number of piperazine rings is 1. The van der Waals surface area contributed by atoms with Gasteiger partial charge in [-0.3, -0.25) is 0 Å². The number of hydrogen-bond donors (Lipinski definition) is 2. The van der Waals surface area contributed by atoms with E-state index in [-0.39, 0.29) is 0 Å². The topological polar surface area (TPSA) is 44.0 Å². The van der Waals surface area contributed by atoms with Gasteiger partial charge in [-0.15, -0.1) is 0 Å². The van der Waals surface area contributed by atoms with Crippen LogP contribution < -0.4 is 5.32 Å². The fourth-order valence-electron chi connectivity index (χ4n) is 3.87. The SMILES string of the molecule is CC1C=C(C2=CC=CC2C)c2nc[nH]c2C(N2CCNCC2)=CC1. The highest BCUT2D eigenvalue weighted by Crippen LogP contribution is 2.38. The zero-order valence-corrected chi connectivity index (χ0v) is 14.5. The summed E-state index contributed by atoms with van der Waals surface area (Å²) in [6.45, 7) is 8.77. The van der Waals surface area contributed by atoms with Crippen molar-refractivity contribution < 1.29 is 0 Å². The molecule has 1 aromatic rings. The van der Waals surface area contributed by atoms with E-state index in [9.17, 15) is 0 Å². The minimum absolute atomic E-state index is 0.457. The average Bonchev–Trinajstić information content (AvgIpc) is 3.22. The van der Waals surface area contributed by atoms with Gasteiger partial charge in [-0.25, -0.2) is 4.98 Å². The molecule has 1 aliphatic heterocycles. The highest BCUT2D eigenvalue weighted by molar-refractivity contribution is 5.85. The Hall–Kier alpha value is -2.07. The summed E-state index contributed by atoms with van der Waals surface area (Å²) in [5, 5.41) is 3.44. The summed E-state index contributed by atoms with van der Waals surface area (Å²) in [4.78, 5) is 10.6. The third-order valence-electron chi connectivity index (χ3n) is 5.22. The van der Waals surface area contributed by atoms with Crippen LogP contribution in [0.1, 0.15) is 31.7 Å². The molecule has 0 bridgehead atoms. The van der Waals surface area contributed by atoms with Crippen LogP contribution in [0, 0.1) is 11.8 Å². The van der Waals surface area contributed by atoms with Gasteiger partial charge in [0.2, 0.25) is 0 Å². The van der Waals surface area contributed by atoms with Crippen molar-refractivity contribution in [2.75, 3.05) is 26.2 Å². The summed E-state index contributed by atoms with van der Waals surface area (Å²) in [7, 11) is 0. The first-order valence-electron chi connectivity index (χ1n) is 9.04. The van der Waals surface area contributed by atoms with Crippen LogP contribution in [-0.4, -0.2) is 41.0 Å². The molecule has 0 amide bonds. The number of allylic oxidation sites excluding steroid dienone is 7. The van der Waals surface area contributed by atoms with Gasteiger partial charge >= 0.3 is 0 Å². The van der Waals surface area contributed by atoms with E-state index in [1.54, 1.807) is 0 Å². The third-order valence-corrected chi connectivity index (χ3v) is 5.22. The fraction of sp³-hybridized carbons (Fsp3) is 0.450. The molecule has 0 saturated carbocycles. The van der Waals surface area contributed by atoms with Gasteiger partial charge in [0.15, 0.2) is 0 Å². The summed E-state index contributed by atoms with van der Waals surface area (Å²) in [6, 6.07) is 0. The summed E-state index contributed by atoms with van der Waals surface area (Å²) >= 11 is 0. The zero-order valence-electron chi connectivity index (χ0n) is 14.5. The first kappa shape index (κ1) is 15.5. The van der Waals surface area contributed by atoms with E-state index in [4.69, 9.17) is 4.98 Å². The first-order chi connectivity index (χ1) is 11.7. The molecule has 0 aromatic carbocycles. The fourth-order valence-corrected chi connectivity index (χ4v) is 3.87. The monoisotopic (exact) mass is 322 g/mol. The molecule has 2 heterocycles. The predicted octanol–water partition coefficient (Wildman–Crippen LogP) is 3.21. The van der Waals surface area contributed by atoms with E-state index in [2.05, 4.69) is 59.4 Å². The van der Waals surface area contributed by atoms with E-state index in [0.29, 0.717) is 11.8 Å². The lowest BCUT2D eigenvalue weighted by atomic mass is 9.88. The molecule has 1 fully saturated rings. The van der Waals surface area contributed by atoms with E-state index in [1.807, 2.05) is 6.33 Å². The van der Waals surface area contributed by atoms with Gasteiger partial charge in [-0.2, -0.15) is 0 Å². The van der Waals surface area contributed by atoms with Gasteiger partial charge < -0.3 is 15.2 Å². The molecule has 1 aromatic heterocycles. The van der Waals surface area contributed by atoms with Crippen molar-refractivity contribution in [3.05, 3.63) is 53.7 Å². The average molecular weight is 322 g/mol. The minimum atomic E-state index is 0.457. The van der Waals surface area contributed by atoms with Crippen LogP contribution in [-0.2, 0) is 0 Å². The molecule has 3 aliphatic rings. The summed E-state index contributed by atoms with van der Waals surface area (Å²) in [5.41, 5.74) is 6.29. The van der Waals surface area contributed by atoms with Crippen molar-refractivity contribution in [1.82, 2.24) is 20.2 Å². The Morgan fingerprint density at radius 2 is 2.04 bits per heavy atom. The first-order valence-corrected chi connectivity index (χ1v) is 9.04. The number of rotatable bonds is 2. The molecule has 1 saturated heterocycles. The van der Waals surface area contributed by atoms with Crippen LogP contribution in [0.15, 0.2) is 42.3 Å². The normalized spacial score (nSPS) is 27.1. The molecule has 0 spiro atoms. The van der Waals surface area contributed by atoms with Crippen molar-refractivity contribution in [2.24, 2.45) is 11.8 Å². The molecular weight excluding hydrogens is 296 g/mol. The summed E-state index contributed by atoms with van der Waals surface area (Å²) < 4.78 is 0. The van der Waals surface area contributed by atoms with Gasteiger partial charge in [0.05, 0.1) is 23.4 Å². The Bertz CT molecular complexity index is 729. The largest absolute Gasteiger partial charge is 0.368 e. The number of aromatic nitrogens is 2. The van der Waals surface area contributed by atoms with Crippen molar-refractivity contribution in [3.63, 3.8) is 0 Å². The Morgan fingerprint density at radius 1 is 1.21 bits per heavy atom. The van der Waals surface area contributed by atoms with Gasteiger partial charge in [0.1, 0.15) is 0 Å². The highest BCUT2D eigenvalue weighted by atomic mass is 15.2. The molecule has 4 rings (SSSR count). The van der Waals surface area contributed by atoms with Crippen LogP contribution in [0.4, 0.5) is 0 Å². The number of aromatic amines is 1. The molecule has 2 N–H and O–H groups in total. The Morgan fingerprint density at radius 3 is 2.79 bits per heavy atom. The maximum absolute atomic E-state index is 4.72. The second-order valence-corrected chi connectivity index (χ2v) is 7.04. The summed E-state index contributed by atoms with van der Waals surface area (Å²) in [5.74, 6) is 0.968. The quantitative estimate of drug-likeness (QED) is 0.879. The number of fused-ring (bicyclic) bond motifs is 1. The van der Waals surface area contributed by atoms with Gasteiger partial charge in [0, 0.05) is 31.8 Å². The molecular formula is C20H26N4. The number of nitrogens with one attached hydrogen (secondary N) is 2. The van der Waals surface area contributed by atoms with Crippen molar-refractivity contribution >= 4 is 11.3 Å². The lowest BCUT2D eigenvalue weighted by Crippen LogP contribution is -2.42. The molecule has 2 unspecified atom stereocenters. The smallest absolute Gasteiger partial charge is 0.0976 e. The lowest BCUT2D eigenvalue weighted by Gasteiger charge is -2.32. The second kappa shape index (κ2) is 6.44. The number of nitrogens with zero attached hydrogens (tertiary/aromatic N) is 2. The Balaban J connectivity index is 1.77. The predicted molar refractivity (Wildman–Crippen MR) is 99.2 cm³/mol.